The summed E-state index contributed by atoms with van der Waals surface area (Å²) >= 11 is 0. The Bertz CT molecular complexity index is 735. The monoisotopic (exact) mass is 359 g/mol. The normalized spacial score (nSPS) is 18.5. The molecule has 5 nitrogen and oxygen atoms in total. The summed E-state index contributed by atoms with van der Waals surface area (Å²) < 4.78 is 26.7. The second-order valence-corrected chi connectivity index (χ2v) is 6.95. The van der Waals surface area contributed by atoms with E-state index in [1.165, 1.54) is 25.0 Å². The van der Waals surface area contributed by atoms with Crippen molar-refractivity contribution in [3.63, 3.8) is 0 Å². The molecule has 4 rings (SSSR count). The Morgan fingerprint density at radius 1 is 0.846 bits per heavy atom. The van der Waals surface area contributed by atoms with Gasteiger partial charge >= 0.3 is 0 Å². The lowest BCUT2D eigenvalue weighted by Crippen LogP contribution is -2.46. The second-order valence-electron chi connectivity index (χ2n) is 6.95. The van der Waals surface area contributed by atoms with Gasteiger partial charge in [0.15, 0.2) is 0 Å². The van der Waals surface area contributed by atoms with Crippen LogP contribution in [0.15, 0.2) is 30.5 Å². The van der Waals surface area contributed by atoms with Gasteiger partial charge in [-0.2, -0.15) is 4.98 Å². The fourth-order valence-corrected chi connectivity index (χ4v) is 3.68. The lowest BCUT2D eigenvalue weighted by molar-refractivity contribution is 0.248. The molecule has 2 aliphatic rings. The van der Waals surface area contributed by atoms with Gasteiger partial charge in [0, 0.05) is 58.1 Å². The molecule has 0 saturated carbocycles. The molecule has 1 aromatic heterocycles. The number of rotatable bonds is 4. The van der Waals surface area contributed by atoms with Gasteiger partial charge in [0.05, 0.1) is 0 Å². The van der Waals surface area contributed by atoms with Crippen LogP contribution in [-0.2, 0) is 6.54 Å². The van der Waals surface area contributed by atoms with Crippen molar-refractivity contribution in [1.29, 1.82) is 0 Å². The van der Waals surface area contributed by atoms with Crippen LogP contribution in [0.5, 0.6) is 0 Å². The van der Waals surface area contributed by atoms with Gasteiger partial charge in [0.1, 0.15) is 17.5 Å². The maximum atomic E-state index is 13.3. The number of benzene rings is 1. The molecule has 3 heterocycles. The molecule has 0 unspecified atom stereocenters. The van der Waals surface area contributed by atoms with Crippen molar-refractivity contribution >= 4 is 11.8 Å². The minimum absolute atomic E-state index is 0.522. The predicted octanol–water partition coefficient (Wildman–Crippen LogP) is 2.68. The van der Waals surface area contributed by atoms with E-state index in [0.29, 0.717) is 12.1 Å². The van der Waals surface area contributed by atoms with E-state index in [4.69, 9.17) is 4.98 Å². The van der Waals surface area contributed by atoms with E-state index >= 15 is 0 Å². The Kier molecular flexibility index (Phi) is 4.97. The summed E-state index contributed by atoms with van der Waals surface area (Å²) in [6.07, 6.45) is 4.27. The first-order valence-electron chi connectivity index (χ1n) is 9.18. The van der Waals surface area contributed by atoms with Crippen molar-refractivity contribution in [2.24, 2.45) is 0 Å². The van der Waals surface area contributed by atoms with Gasteiger partial charge in [-0.15, -0.1) is 0 Å². The number of nitrogens with zero attached hydrogens (tertiary/aromatic N) is 5. The van der Waals surface area contributed by atoms with Crippen molar-refractivity contribution in [2.75, 3.05) is 49.1 Å². The molecule has 0 aliphatic carbocycles. The third kappa shape index (κ3) is 3.93. The molecule has 2 fully saturated rings. The maximum absolute atomic E-state index is 13.3. The Hall–Kier alpha value is -2.28. The molecule has 0 spiro atoms. The number of hydrogen-bond donors (Lipinski definition) is 0. The summed E-state index contributed by atoms with van der Waals surface area (Å²) in [4.78, 5) is 15.9. The zero-order chi connectivity index (χ0) is 17.9. The molecular formula is C19H23F2N5. The van der Waals surface area contributed by atoms with Gasteiger partial charge in [0.2, 0.25) is 5.95 Å². The van der Waals surface area contributed by atoms with Crippen LogP contribution < -0.4 is 9.80 Å². The van der Waals surface area contributed by atoms with Crippen molar-refractivity contribution in [3.8, 4) is 0 Å². The number of anilines is 2. The molecule has 0 N–H and O–H groups in total. The smallest absolute Gasteiger partial charge is 0.227 e. The second kappa shape index (κ2) is 7.53. The molecule has 0 amide bonds. The van der Waals surface area contributed by atoms with Gasteiger partial charge in [-0.25, -0.2) is 13.8 Å². The van der Waals surface area contributed by atoms with E-state index in [-0.39, 0.29) is 0 Å². The minimum atomic E-state index is -0.522. The van der Waals surface area contributed by atoms with Crippen molar-refractivity contribution in [2.45, 2.75) is 19.4 Å². The fourth-order valence-electron chi connectivity index (χ4n) is 3.68. The highest BCUT2D eigenvalue weighted by atomic mass is 19.1. The number of halogens is 2. The SMILES string of the molecule is Fc1cc(F)cc(CN2CCN(c3nccc(N4CCCC4)n3)CC2)c1. The largest absolute Gasteiger partial charge is 0.356 e. The molecule has 0 radical (unpaired) electrons. The molecule has 0 bridgehead atoms. The van der Waals surface area contributed by atoms with E-state index in [1.54, 1.807) is 0 Å². The summed E-state index contributed by atoms with van der Waals surface area (Å²) in [5.74, 6) is 0.729. The highest BCUT2D eigenvalue weighted by molar-refractivity contribution is 5.44. The van der Waals surface area contributed by atoms with Crippen LogP contribution in [0.2, 0.25) is 0 Å². The first kappa shape index (κ1) is 17.1. The molecule has 2 aliphatic heterocycles. The van der Waals surface area contributed by atoms with Crippen LogP contribution in [0.4, 0.5) is 20.5 Å². The first-order chi connectivity index (χ1) is 12.7. The molecule has 26 heavy (non-hydrogen) atoms. The number of piperazine rings is 1. The van der Waals surface area contributed by atoms with Crippen LogP contribution in [0, 0.1) is 11.6 Å². The van der Waals surface area contributed by atoms with Gasteiger partial charge < -0.3 is 9.80 Å². The lowest BCUT2D eigenvalue weighted by atomic mass is 10.2. The van der Waals surface area contributed by atoms with Crippen molar-refractivity contribution in [3.05, 3.63) is 47.7 Å². The zero-order valence-corrected chi connectivity index (χ0v) is 14.7. The van der Waals surface area contributed by atoms with Crippen LogP contribution in [0.25, 0.3) is 0 Å². The van der Waals surface area contributed by atoms with E-state index in [1.807, 2.05) is 12.3 Å². The number of aromatic nitrogens is 2. The summed E-state index contributed by atoms with van der Waals surface area (Å²) in [6.45, 7) is 5.92. The maximum Gasteiger partial charge on any atom is 0.227 e. The Morgan fingerprint density at radius 3 is 2.23 bits per heavy atom. The van der Waals surface area contributed by atoms with Crippen LogP contribution in [0.1, 0.15) is 18.4 Å². The molecule has 7 heteroatoms. The lowest BCUT2D eigenvalue weighted by Gasteiger charge is -2.35. The topological polar surface area (TPSA) is 35.5 Å². The van der Waals surface area contributed by atoms with Gasteiger partial charge in [-0.3, -0.25) is 4.90 Å². The first-order valence-corrected chi connectivity index (χ1v) is 9.18. The van der Waals surface area contributed by atoms with Crippen LogP contribution >= 0.6 is 0 Å². The average molecular weight is 359 g/mol. The zero-order valence-electron chi connectivity index (χ0n) is 14.7. The quantitative estimate of drug-likeness (QED) is 0.839. The summed E-state index contributed by atoms with van der Waals surface area (Å²) in [5, 5.41) is 0. The molecule has 0 atom stereocenters. The van der Waals surface area contributed by atoms with E-state index in [9.17, 15) is 8.78 Å². The van der Waals surface area contributed by atoms with Crippen LogP contribution in [0.3, 0.4) is 0 Å². The molecule has 1 aromatic carbocycles. The Morgan fingerprint density at radius 2 is 1.54 bits per heavy atom. The van der Waals surface area contributed by atoms with Gasteiger partial charge in [0.25, 0.3) is 0 Å². The summed E-state index contributed by atoms with van der Waals surface area (Å²) in [6, 6.07) is 5.69. The predicted molar refractivity (Wildman–Crippen MR) is 97.3 cm³/mol. The highest BCUT2D eigenvalue weighted by Gasteiger charge is 2.21. The van der Waals surface area contributed by atoms with Gasteiger partial charge in [-0.05, 0) is 36.6 Å². The fraction of sp³-hybridized carbons (Fsp3) is 0.474. The summed E-state index contributed by atoms with van der Waals surface area (Å²) in [5.41, 5.74) is 0.670. The van der Waals surface area contributed by atoms with Crippen LogP contribution in [-0.4, -0.2) is 54.1 Å². The minimum Gasteiger partial charge on any atom is -0.356 e. The third-order valence-corrected chi connectivity index (χ3v) is 5.04. The van der Waals surface area contributed by atoms with E-state index < -0.39 is 11.6 Å². The number of hydrogen-bond acceptors (Lipinski definition) is 5. The van der Waals surface area contributed by atoms with E-state index in [0.717, 1.165) is 57.1 Å². The van der Waals surface area contributed by atoms with Crippen molar-refractivity contribution < 1.29 is 8.78 Å². The molecule has 138 valence electrons. The Balaban J connectivity index is 1.36. The average Bonchev–Trinajstić information content (AvgIpc) is 3.16. The molecular weight excluding hydrogens is 336 g/mol. The van der Waals surface area contributed by atoms with Gasteiger partial charge in [-0.1, -0.05) is 0 Å². The summed E-state index contributed by atoms with van der Waals surface area (Å²) in [7, 11) is 0. The third-order valence-electron chi connectivity index (χ3n) is 5.04. The standard InChI is InChI=1S/C19H23F2N5/c20-16-11-15(12-17(21)13-16)14-24-7-9-26(10-8-24)19-22-4-3-18(23-19)25-5-1-2-6-25/h3-4,11-13H,1-2,5-10,14H2. The highest BCUT2D eigenvalue weighted by Crippen LogP contribution is 2.21. The molecule has 2 aromatic rings. The Labute approximate surface area is 152 Å². The molecule has 2 saturated heterocycles. The van der Waals surface area contributed by atoms with Crippen molar-refractivity contribution in [1.82, 2.24) is 14.9 Å². The van der Waals surface area contributed by atoms with E-state index in [2.05, 4.69) is 19.7 Å².